The largest absolute Gasteiger partial charge is 0.496 e. The van der Waals surface area contributed by atoms with Gasteiger partial charge >= 0.3 is 0 Å². The van der Waals surface area contributed by atoms with Crippen LogP contribution in [0, 0.1) is 5.92 Å². The van der Waals surface area contributed by atoms with Crippen molar-refractivity contribution in [3.63, 3.8) is 0 Å². The van der Waals surface area contributed by atoms with E-state index in [-0.39, 0.29) is 0 Å². The summed E-state index contributed by atoms with van der Waals surface area (Å²) in [7, 11) is 3.49. The maximum absolute atomic E-state index is 5.78. The average molecular weight is 462 g/mol. The maximum atomic E-state index is 5.78. The highest BCUT2D eigenvalue weighted by Crippen LogP contribution is 2.50. The smallest absolute Gasteiger partial charge is 0.131 e. The molecule has 2 aliphatic carbocycles. The Morgan fingerprint density at radius 3 is 2.34 bits per heavy atom. The van der Waals surface area contributed by atoms with Gasteiger partial charge in [0.05, 0.1) is 19.6 Å². The number of hydrogen-bond donors (Lipinski definition) is 0. The van der Waals surface area contributed by atoms with Crippen LogP contribution in [-0.2, 0) is 6.42 Å². The summed E-state index contributed by atoms with van der Waals surface area (Å²) in [5.41, 5.74) is 3.16. The van der Waals surface area contributed by atoms with Crippen molar-refractivity contribution in [3.05, 3.63) is 90.3 Å². The van der Waals surface area contributed by atoms with Gasteiger partial charge in [0.1, 0.15) is 11.5 Å². The van der Waals surface area contributed by atoms with Crippen molar-refractivity contribution in [1.82, 2.24) is 4.98 Å². The standard InChI is InChI=1S/C23H24O2.C9H7N/c1-24-21-8-4-7-19-18-12-11-17-15(14-9-10-14)5-3-6-16(17)20(18)13-22(25-2)23(19)21;1-2-4-9-7-10-6-5-8(9)3-1/h4,7-8,11-15H,3,5-6,9-10H2,1-2H3;1-7H. The second kappa shape index (κ2) is 9.22. The van der Waals surface area contributed by atoms with Gasteiger partial charge in [-0.1, -0.05) is 48.5 Å². The van der Waals surface area contributed by atoms with Gasteiger partial charge in [-0.05, 0) is 100 Å². The van der Waals surface area contributed by atoms with Crippen LogP contribution >= 0.6 is 0 Å². The van der Waals surface area contributed by atoms with Crippen molar-refractivity contribution in [2.75, 3.05) is 14.2 Å². The van der Waals surface area contributed by atoms with Crippen molar-refractivity contribution in [2.45, 2.75) is 38.0 Å². The molecule has 1 atom stereocenters. The number of rotatable bonds is 3. The van der Waals surface area contributed by atoms with Crippen LogP contribution in [-0.4, -0.2) is 19.2 Å². The zero-order chi connectivity index (χ0) is 23.8. The quantitative estimate of drug-likeness (QED) is 0.255. The van der Waals surface area contributed by atoms with Crippen molar-refractivity contribution >= 4 is 32.3 Å². The molecule has 0 spiro atoms. The van der Waals surface area contributed by atoms with E-state index in [1.807, 2.05) is 36.7 Å². The van der Waals surface area contributed by atoms with Gasteiger partial charge in [0.25, 0.3) is 0 Å². The summed E-state index contributed by atoms with van der Waals surface area (Å²) in [4.78, 5) is 4.01. The van der Waals surface area contributed by atoms with Gasteiger partial charge in [-0.2, -0.15) is 0 Å². The van der Waals surface area contributed by atoms with Gasteiger partial charge in [-0.25, -0.2) is 0 Å². The fourth-order valence-electron chi connectivity index (χ4n) is 5.92. The van der Waals surface area contributed by atoms with Crippen molar-refractivity contribution < 1.29 is 9.47 Å². The Balaban J connectivity index is 0.000000191. The lowest BCUT2D eigenvalue weighted by Crippen LogP contribution is -2.12. The molecule has 0 radical (unpaired) electrons. The molecule has 0 saturated heterocycles. The SMILES string of the molecule is COc1cccc2c1c(OC)cc1c3c(ccc12)C(C1CC1)CCC3.c1ccc2cnccc2c1. The van der Waals surface area contributed by atoms with Crippen LogP contribution in [0.1, 0.15) is 42.7 Å². The lowest BCUT2D eigenvalue weighted by molar-refractivity contribution is 0.405. The van der Waals surface area contributed by atoms with Crippen LogP contribution in [0.4, 0.5) is 0 Å². The number of nitrogens with zero attached hydrogens (tertiary/aromatic N) is 1. The summed E-state index contributed by atoms with van der Waals surface area (Å²) in [6.45, 7) is 0. The van der Waals surface area contributed by atoms with E-state index in [4.69, 9.17) is 9.47 Å². The van der Waals surface area contributed by atoms with Crippen LogP contribution in [0.25, 0.3) is 32.3 Å². The third-order valence-electron chi connectivity index (χ3n) is 7.75. The molecule has 0 bridgehead atoms. The molecule has 3 heteroatoms. The summed E-state index contributed by atoms with van der Waals surface area (Å²) in [6.07, 6.45) is 10.4. The minimum absolute atomic E-state index is 0.778. The first-order valence-corrected chi connectivity index (χ1v) is 12.7. The lowest BCUT2D eigenvalue weighted by atomic mass is 9.77. The molecule has 176 valence electrons. The lowest BCUT2D eigenvalue weighted by Gasteiger charge is -2.27. The first-order chi connectivity index (χ1) is 17.3. The molecule has 1 heterocycles. The van der Waals surface area contributed by atoms with Gasteiger partial charge in [0.2, 0.25) is 0 Å². The molecule has 0 amide bonds. The molecule has 0 aliphatic heterocycles. The van der Waals surface area contributed by atoms with E-state index in [0.29, 0.717) is 0 Å². The van der Waals surface area contributed by atoms with E-state index in [9.17, 15) is 0 Å². The van der Waals surface area contributed by atoms with Gasteiger partial charge in [0.15, 0.2) is 0 Å². The summed E-state index contributed by atoms with van der Waals surface area (Å²) in [6, 6.07) is 23.5. The third kappa shape index (κ3) is 3.99. The highest BCUT2D eigenvalue weighted by molar-refractivity contribution is 6.13. The number of fused-ring (bicyclic) bond motifs is 6. The Morgan fingerprint density at radius 2 is 1.57 bits per heavy atom. The normalized spacial score (nSPS) is 17.0. The van der Waals surface area contributed by atoms with Crippen LogP contribution in [0.5, 0.6) is 11.5 Å². The molecular weight excluding hydrogens is 430 g/mol. The number of aryl methyl sites for hydroxylation is 1. The van der Waals surface area contributed by atoms with E-state index >= 15 is 0 Å². The van der Waals surface area contributed by atoms with Gasteiger partial charge in [-0.3, -0.25) is 4.98 Å². The molecular formula is C32H31NO2. The number of aromatic nitrogens is 1. The van der Waals surface area contributed by atoms with Crippen LogP contribution in [0.3, 0.4) is 0 Å². The Bertz CT molecular complexity index is 1450. The Labute approximate surface area is 206 Å². The first kappa shape index (κ1) is 21.9. The van der Waals surface area contributed by atoms with E-state index < -0.39 is 0 Å². The molecule has 3 nitrogen and oxygen atoms in total. The number of methoxy groups -OCH3 is 2. The minimum atomic E-state index is 0.778. The molecule has 35 heavy (non-hydrogen) atoms. The Kier molecular flexibility index (Phi) is 5.77. The zero-order valence-corrected chi connectivity index (χ0v) is 20.5. The highest BCUT2D eigenvalue weighted by atomic mass is 16.5. The van der Waals surface area contributed by atoms with E-state index in [2.05, 4.69) is 47.4 Å². The predicted molar refractivity (Wildman–Crippen MR) is 145 cm³/mol. The van der Waals surface area contributed by atoms with Crippen molar-refractivity contribution in [1.29, 1.82) is 0 Å². The molecule has 1 fully saturated rings. The van der Waals surface area contributed by atoms with E-state index in [1.165, 1.54) is 59.0 Å². The zero-order valence-electron chi connectivity index (χ0n) is 20.5. The van der Waals surface area contributed by atoms with Crippen molar-refractivity contribution in [3.8, 4) is 11.5 Å². The molecule has 1 saturated carbocycles. The summed E-state index contributed by atoms with van der Waals surface area (Å²) >= 11 is 0. The Morgan fingerprint density at radius 1 is 0.743 bits per heavy atom. The predicted octanol–water partition coefficient (Wildman–Crippen LogP) is 8.07. The molecule has 2 aliphatic rings. The molecule has 0 N–H and O–H groups in total. The van der Waals surface area contributed by atoms with Crippen LogP contribution in [0.15, 0.2) is 79.1 Å². The highest BCUT2D eigenvalue weighted by Gasteiger charge is 2.35. The summed E-state index contributed by atoms with van der Waals surface area (Å²) in [5.74, 6) is 3.51. The molecule has 5 aromatic rings. The molecule has 4 aromatic carbocycles. The van der Waals surface area contributed by atoms with E-state index in [0.717, 1.165) is 28.7 Å². The monoisotopic (exact) mass is 461 g/mol. The van der Waals surface area contributed by atoms with Gasteiger partial charge in [-0.15, -0.1) is 0 Å². The number of ether oxygens (including phenoxy) is 2. The number of pyridine rings is 1. The van der Waals surface area contributed by atoms with Gasteiger partial charge in [0, 0.05) is 12.4 Å². The second-order valence-corrected chi connectivity index (χ2v) is 9.75. The Hall–Kier alpha value is -3.59. The summed E-state index contributed by atoms with van der Waals surface area (Å²) < 4.78 is 11.4. The van der Waals surface area contributed by atoms with E-state index in [1.54, 1.807) is 25.3 Å². The van der Waals surface area contributed by atoms with Crippen LogP contribution < -0.4 is 9.47 Å². The maximum Gasteiger partial charge on any atom is 0.131 e. The summed E-state index contributed by atoms with van der Waals surface area (Å²) in [5, 5.41) is 7.45. The van der Waals surface area contributed by atoms with Crippen LogP contribution in [0.2, 0.25) is 0 Å². The molecule has 1 unspecified atom stereocenters. The third-order valence-corrected chi connectivity index (χ3v) is 7.75. The number of benzene rings is 4. The van der Waals surface area contributed by atoms with Crippen molar-refractivity contribution in [2.24, 2.45) is 5.92 Å². The molecule has 7 rings (SSSR count). The second-order valence-electron chi connectivity index (χ2n) is 9.75. The fraction of sp³-hybridized carbons (Fsp3) is 0.281. The minimum Gasteiger partial charge on any atom is -0.496 e. The fourth-order valence-corrected chi connectivity index (χ4v) is 5.92. The topological polar surface area (TPSA) is 31.4 Å². The average Bonchev–Trinajstić information content (AvgIpc) is 3.77. The number of hydrogen-bond acceptors (Lipinski definition) is 3. The molecule has 1 aromatic heterocycles. The first-order valence-electron chi connectivity index (χ1n) is 12.7. The van der Waals surface area contributed by atoms with Gasteiger partial charge < -0.3 is 9.47 Å².